The van der Waals surface area contributed by atoms with Crippen molar-refractivity contribution in [2.45, 2.75) is 46.8 Å². The minimum Gasteiger partial charge on any atom is -0.447 e. The molecular weight excluding hydrogens is 384 g/mol. The van der Waals surface area contributed by atoms with Gasteiger partial charge in [-0.2, -0.15) is 0 Å². The standard InChI is InChI=1S/C25H27ClO3/c1-15(2)12-19-18(25(19,3)4)10-11-21(27)17-13-22-23(14-20(17)26)29-24(28-22)16-8-6-5-7-9-16/h5-9,12-14,18-19,24H,10-11H2,1-4H3. The first-order chi connectivity index (χ1) is 13.8. The molecule has 0 radical (unpaired) electrons. The Morgan fingerprint density at radius 3 is 2.41 bits per heavy atom. The van der Waals surface area contributed by atoms with E-state index < -0.39 is 6.29 Å². The highest BCUT2D eigenvalue weighted by Crippen LogP contribution is 2.61. The molecule has 4 rings (SSSR count). The van der Waals surface area contributed by atoms with Gasteiger partial charge in [-0.15, -0.1) is 0 Å². The molecule has 29 heavy (non-hydrogen) atoms. The molecule has 152 valence electrons. The lowest BCUT2D eigenvalue weighted by atomic mass is 10.0. The highest BCUT2D eigenvalue weighted by molar-refractivity contribution is 6.34. The second kappa shape index (κ2) is 7.53. The predicted molar refractivity (Wildman–Crippen MR) is 116 cm³/mol. The van der Waals surface area contributed by atoms with Gasteiger partial charge in [0.2, 0.25) is 0 Å². The number of ether oxygens (including phenoxy) is 2. The molecule has 2 aromatic carbocycles. The van der Waals surface area contributed by atoms with Gasteiger partial charge in [0.1, 0.15) is 0 Å². The molecule has 1 fully saturated rings. The van der Waals surface area contributed by atoms with E-state index in [2.05, 4.69) is 33.8 Å². The summed E-state index contributed by atoms with van der Waals surface area (Å²) < 4.78 is 11.8. The Balaban J connectivity index is 1.44. The van der Waals surface area contributed by atoms with Crippen molar-refractivity contribution >= 4 is 17.4 Å². The molecule has 1 aliphatic carbocycles. The van der Waals surface area contributed by atoms with E-state index in [0.29, 0.717) is 40.3 Å². The molecule has 3 unspecified atom stereocenters. The molecule has 1 heterocycles. The van der Waals surface area contributed by atoms with Crippen LogP contribution in [0.25, 0.3) is 0 Å². The average Bonchev–Trinajstić information content (AvgIpc) is 3.00. The van der Waals surface area contributed by atoms with Crippen LogP contribution in [0.1, 0.15) is 62.7 Å². The summed E-state index contributed by atoms with van der Waals surface area (Å²) in [6.07, 6.45) is 3.19. The van der Waals surface area contributed by atoms with Crippen LogP contribution in [-0.2, 0) is 0 Å². The molecule has 0 N–H and O–H groups in total. The number of fused-ring (bicyclic) bond motifs is 1. The van der Waals surface area contributed by atoms with Crippen LogP contribution in [0.5, 0.6) is 11.5 Å². The number of hydrogen-bond donors (Lipinski definition) is 0. The minimum atomic E-state index is -0.510. The van der Waals surface area contributed by atoms with Gasteiger partial charge in [-0.05, 0) is 43.6 Å². The summed E-state index contributed by atoms with van der Waals surface area (Å²) in [6, 6.07) is 13.1. The largest absolute Gasteiger partial charge is 0.447 e. The first-order valence-corrected chi connectivity index (χ1v) is 10.5. The molecule has 0 saturated heterocycles. The third-order valence-electron chi connectivity index (χ3n) is 6.21. The summed E-state index contributed by atoms with van der Waals surface area (Å²) in [5, 5.41) is 0.418. The third kappa shape index (κ3) is 3.93. The fourth-order valence-corrected chi connectivity index (χ4v) is 4.64. The van der Waals surface area contributed by atoms with Crippen LogP contribution in [0.2, 0.25) is 5.02 Å². The number of hydrogen-bond acceptors (Lipinski definition) is 3. The lowest BCUT2D eigenvalue weighted by Gasteiger charge is -2.09. The Morgan fingerprint density at radius 1 is 1.10 bits per heavy atom. The van der Waals surface area contributed by atoms with Gasteiger partial charge in [0, 0.05) is 23.6 Å². The van der Waals surface area contributed by atoms with Crippen molar-refractivity contribution in [1.82, 2.24) is 0 Å². The monoisotopic (exact) mass is 410 g/mol. The Kier molecular flexibility index (Phi) is 5.20. The van der Waals surface area contributed by atoms with Crippen LogP contribution in [0.4, 0.5) is 0 Å². The van der Waals surface area contributed by atoms with Crippen molar-refractivity contribution in [3.63, 3.8) is 0 Å². The maximum atomic E-state index is 12.9. The van der Waals surface area contributed by atoms with Crippen LogP contribution in [-0.4, -0.2) is 5.78 Å². The maximum Gasteiger partial charge on any atom is 0.267 e. The van der Waals surface area contributed by atoms with Gasteiger partial charge in [-0.3, -0.25) is 4.79 Å². The second-order valence-electron chi connectivity index (χ2n) is 8.92. The molecule has 0 amide bonds. The van der Waals surface area contributed by atoms with Gasteiger partial charge in [-0.25, -0.2) is 0 Å². The van der Waals surface area contributed by atoms with Crippen LogP contribution >= 0.6 is 11.6 Å². The van der Waals surface area contributed by atoms with Crippen molar-refractivity contribution < 1.29 is 14.3 Å². The van der Waals surface area contributed by atoms with E-state index in [1.807, 2.05) is 30.3 Å². The van der Waals surface area contributed by atoms with E-state index >= 15 is 0 Å². The van der Waals surface area contributed by atoms with Crippen LogP contribution < -0.4 is 9.47 Å². The number of carbonyl (C=O) groups excluding carboxylic acids is 1. The summed E-state index contributed by atoms with van der Waals surface area (Å²) >= 11 is 6.42. The Bertz CT molecular complexity index is 958. The van der Waals surface area contributed by atoms with Crippen molar-refractivity contribution in [2.24, 2.45) is 17.3 Å². The molecule has 0 bridgehead atoms. The van der Waals surface area contributed by atoms with Gasteiger partial charge >= 0.3 is 0 Å². The molecule has 1 aliphatic heterocycles. The van der Waals surface area contributed by atoms with Gasteiger partial charge < -0.3 is 9.47 Å². The van der Waals surface area contributed by atoms with Crippen molar-refractivity contribution in [2.75, 3.05) is 0 Å². The first-order valence-electron chi connectivity index (χ1n) is 10.2. The summed E-state index contributed by atoms with van der Waals surface area (Å²) in [5.41, 5.74) is 3.04. The molecule has 0 aromatic heterocycles. The van der Waals surface area contributed by atoms with Crippen molar-refractivity contribution in [3.8, 4) is 11.5 Å². The normalized spacial score (nSPS) is 23.6. The van der Waals surface area contributed by atoms with Gasteiger partial charge in [-0.1, -0.05) is 67.4 Å². The highest BCUT2D eigenvalue weighted by Gasteiger charge is 2.55. The smallest absolute Gasteiger partial charge is 0.267 e. The molecule has 2 aliphatic rings. The average molecular weight is 411 g/mol. The number of allylic oxidation sites excluding steroid dienone is 2. The fraction of sp³-hybridized carbons (Fsp3) is 0.400. The van der Waals surface area contributed by atoms with Crippen LogP contribution in [0.15, 0.2) is 54.1 Å². The van der Waals surface area contributed by atoms with E-state index in [1.54, 1.807) is 12.1 Å². The second-order valence-corrected chi connectivity index (χ2v) is 9.32. The van der Waals surface area contributed by atoms with E-state index in [-0.39, 0.29) is 11.2 Å². The summed E-state index contributed by atoms with van der Waals surface area (Å²) in [6.45, 7) is 8.82. The Morgan fingerprint density at radius 2 is 1.76 bits per heavy atom. The Hall–Kier alpha value is -2.26. The molecule has 3 atom stereocenters. The van der Waals surface area contributed by atoms with E-state index in [0.717, 1.165) is 12.0 Å². The summed E-state index contributed by atoms with van der Waals surface area (Å²) in [7, 11) is 0. The maximum absolute atomic E-state index is 12.9. The zero-order valence-corrected chi connectivity index (χ0v) is 18.1. The molecular formula is C25H27ClO3. The zero-order chi connectivity index (χ0) is 20.8. The Labute approximate surface area is 177 Å². The van der Waals surface area contributed by atoms with E-state index in [1.165, 1.54) is 5.57 Å². The van der Waals surface area contributed by atoms with Gasteiger partial charge in [0.15, 0.2) is 17.3 Å². The van der Waals surface area contributed by atoms with Crippen LogP contribution in [0.3, 0.4) is 0 Å². The number of halogens is 1. The zero-order valence-electron chi connectivity index (χ0n) is 17.4. The van der Waals surface area contributed by atoms with Gasteiger partial charge in [0.05, 0.1) is 5.02 Å². The lowest BCUT2D eigenvalue weighted by molar-refractivity contribution is 0.0487. The van der Waals surface area contributed by atoms with Gasteiger partial charge in [0.25, 0.3) is 6.29 Å². The predicted octanol–water partition coefficient (Wildman–Crippen LogP) is 7.01. The molecule has 2 aromatic rings. The third-order valence-corrected chi connectivity index (χ3v) is 6.52. The number of benzene rings is 2. The molecule has 1 saturated carbocycles. The summed E-state index contributed by atoms with van der Waals surface area (Å²) in [4.78, 5) is 12.9. The summed E-state index contributed by atoms with van der Waals surface area (Å²) in [5.74, 6) is 2.30. The molecule has 4 heteroatoms. The number of carbonyl (C=O) groups is 1. The fourth-order valence-electron chi connectivity index (χ4n) is 4.38. The van der Waals surface area contributed by atoms with Crippen molar-refractivity contribution in [3.05, 3.63) is 70.3 Å². The number of Topliss-reactive ketones (excluding diaryl/α,β-unsaturated/α-hetero) is 1. The van der Waals surface area contributed by atoms with Crippen LogP contribution in [0, 0.1) is 17.3 Å². The van der Waals surface area contributed by atoms with E-state index in [4.69, 9.17) is 21.1 Å². The lowest BCUT2D eigenvalue weighted by Crippen LogP contribution is -2.07. The topological polar surface area (TPSA) is 35.5 Å². The molecule has 0 spiro atoms. The number of ketones is 1. The SMILES string of the molecule is CC(C)=CC1C(CCC(=O)c2cc3c(cc2Cl)OC(c2ccccc2)O3)C1(C)C. The number of rotatable bonds is 6. The highest BCUT2D eigenvalue weighted by atomic mass is 35.5. The first kappa shape index (κ1) is 20.0. The minimum absolute atomic E-state index is 0.0585. The van der Waals surface area contributed by atoms with Crippen molar-refractivity contribution in [1.29, 1.82) is 0 Å². The van der Waals surface area contributed by atoms with E-state index in [9.17, 15) is 4.79 Å². The quantitative estimate of drug-likeness (QED) is 0.379. The molecule has 3 nitrogen and oxygen atoms in total.